The van der Waals surface area contributed by atoms with Crippen LogP contribution in [-0.4, -0.2) is 16.9 Å². The summed E-state index contributed by atoms with van der Waals surface area (Å²) in [5, 5.41) is 5.90. The van der Waals surface area contributed by atoms with Gasteiger partial charge in [-0.3, -0.25) is 4.79 Å². The first-order valence-corrected chi connectivity index (χ1v) is 9.41. The van der Waals surface area contributed by atoms with E-state index in [-0.39, 0.29) is 11.9 Å². The molecule has 1 aromatic rings. The molecule has 1 heterocycles. The molecule has 4 saturated carbocycles. The molecule has 3 N–H and O–H groups in total. The average molecular weight is 319 g/mol. The van der Waals surface area contributed by atoms with E-state index in [1.807, 2.05) is 5.38 Å². The number of aromatic nitrogens is 1. The van der Waals surface area contributed by atoms with Gasteiger partial charge in [-0.25, -0.2) is 4.98 Å². The van der Waals surface area contributed by atoms with Gasteiger partial charge in [0.2, 0.25) is 0 Å². The normalized spacial score (nSPS) is 37.3. The molecular formula is C17H25N3OS. The smallest absolute Gasteiger partial charge is 0.270 e. The summed E-state index contributed by atoms with van der Waals surface area (Å²) < 4.78 is 0. The van der Waals surface area contributed by atoms with Crippen molar-refractivity contribution < 1.29 is 4.79 Å². The Balaban J connectivity index is 1.47. The third-order valence-corrected chi connectivity index (χ3v) is 7.18. The highest BCUT2D eigenvalue weighted by molar-refractivity contribution is 7.09. The van der Waals surface area contributed by atoms with Crippen molar-refractivity contribution in [3.63, 3.8) is 0 Å². The minimum Gasteiger partial charge on any atom is -0.348 e. The molecule has 120 valence electrons. The third kappa shape index (κ3) is 2.38. The van der Waals surface area contributed by atoms with Gasteiger partial charge in [0, 0.05) is 18.0 Å². The first-order chi connectivity index (χ1) is 10.6. The molecule has 0 saturated heterocycles. The van der Waals surface area contributed by atoms with Gasteiger partial charge in [-0.2, -0.15) is 0 Å². The van der Waals surface area contributed by atoms with Crippen LogP contribution in [0.4, 0.5) is 0 Å². The molecule has 5 rings (SSSR count). The van der Waals surface area contributed by atoms with Gasteiger partial charge >= 0.3 is 0 Å². The van der Waals surface area contributed by atoms with Gasteiger partial charge in [-0.05, 0) is 68.6 Å². The topological polar surface area (TPSA) is 68.0 Å². The SMILES string of the molecule is CC(NC(=O)c1csc(CN)n1)C12CC3CC(CC(C3)C1)C2. The monoisotopic (exact) mass is 319 g/mol. The van der Waals surface area contributed by atoms with E-state index < -0.39 is 0 Å². The summed E-state index contributed by atoms with van der Waals surface area (Å²) in [7, 11) is 0. The Kier molecular flexibility index (Phi) is 3.53. The highest BCUT2D eigenvalue weighted by Crippen LogP contribution is 2.61. The molecule has 4 nitrogen and oxygen atoms in total. The van der Waals surface area contributed by atoms with Crippen LogP contribution in [0.3, 0.4) is 0 Å². The van der Waals surface area contributed by atoms with Crippen LogP contribution in [0, 0.1) is 23.2 Å². The Labute approximate surface area is 135 Å². The van der Waals surface area contributed by atoms with Crippen LogP contribution < -0.4 is 11.1 Å². The largest absolute Gasteiger partial charge is 0.348 e. The standard InChI is InChI=1S/C17H25N3OS/c1-10(19-16(21)14-9-22-15(8-18)20-14)17-5-11-2-12(6-17)4-13(3-11)7-17/h9-13H,2-8,18H2,1H3,(H,19,21). The lowest BCUT2D eigenvalue weighted by Gasteiger charge is -2.59. The van der Waals surface area contributed by atoms with E-state index in [2.05, 4.69) is 17.2 Å². The van der Waals surface area contributed by atoms with Crippen LogP contribution in [0.2, 0.25) is 0 Å². The third-order valence-electron chi connectivity index (χ3n) is 6.31. The summed E-state index contributed by atoms with van der Waals surface area (Å²) in [5.41, 5.74) is 6.46. The summed E-state index contributed by atoms with van der Waals surface area (Å²) in [4.78, 5) is 16.8. The molecule has 0 spiro atoms. The maximum absolute atomic E-state index is 12.5. The zero-order chi connectivity index (χ0) is 15.3. The number of rotatable bonds is 4. The van der Waals surface area contributed by atoms with Crippen LogP contribution in [0.5, 0.6) is 0 Å². The molecule has 4 aliphatic rings. The number of amides is 1. The van der Waals surface area contributed by atoms with Gasteiger partial charge in [-0.1, -0.05) is 0 Å². The van der Waals surface area contributed by atoms with Crippen molar-refractivity contribution in [2.75, 3.05) is 0 Å². The molecule has 4 fully saturated rings. The maximum Gasteiger partial charge on any atom is 0.270 e. The van der Waals surface area contributed by atoms with Crippen LogP contribution in [0.25, 0.3) is 0 Å². The molecule has 0 aromatic carbocycles. The van der Waals surface area contributed by atoms with Gasteiger partial charge < -0.3 is 11.1 Å². The lowest BCUT2D eigenvalue weighted by Crippen LogP contribution is -2.55. The van der Waals surface area contributed by atoms with Crippen LogP contribution in [0.1, 0.15) is 60.9 Å². The second-order valence-electron chi connectivity index (χ2n) is 7.81. The second-order valence-corrected chi connectivity index (χ2v) is 8.75. The predicted molar refractivity (Wildman–Crippen MR) is 87.5 cm³/mol. The lowest BCUT2D eigenvalue weighted by molar-refractivity contribution is -0.0688. The van der Waals surface area contributed by atoms with Crippen molar-refractivity contribution in [3.8, 4) is 0 Å². The molecule has 0 radical (unpaired) electrons. The first-order valence-electron chi connectivity index (χ1n) is 8.53. The number of nitrogens with zero attached hydrogens (tertiary/aromatic N) is 1. The fourth-order valence-corrected chi connectivity index (χ4v) is 6.30. The van der Waals surface area contributed by atoms with Gasteiger partial charge in [0.1, 0.15) is 10.7 Å². The molecule has 0 aliphatic heterocycles. The first kappa shape index (κ1) is 14.6. The quantitative estimate of drug-likeness (QED) is 0.896. The number of carbonyl (C=O) groups excluding carboxylic acids is 1. The summed E-state index contributed by atoms with van der Waals surface area (Å²) >= 11 is 1.47. The number of nitrogens with one attached hydrogen (secondary N) is 1. The second kappa shape index (κ2) is 5.31. The average Bonchev–Trinajstić information content (AvgIpc) is 2.94. The van der Waals surface area contributed by atoms with Crippen molar-refractivity contribution >= 4 is 17.2 Å². The maximum atomic E-state index is 12.5. The molecule has 5 heteroatoms. The van der Waals surface area contributed by atoms with Crippen molar-refractivity contribution in [2.45, 2.75) is 58.0 Å². The predicted octanol–water partition coefficient (Wildman–Crippen LogP) is 2.94. The lowest BCUT2D eigenvalue weighted by atomic mass is 9.48. The minimum absolute atomic E-state index is 0.0285. The van der Waals surface area contributed by atoms with Gasteiger partial charge in [0.15, 0.2) is 0 Å². The molecular weight excluding hydrogens is 294 g/mol. The number of hydrogen-bond acceptors (Lipinski definition) is 4. The fraction of sp³-hybridized carbons (Fsp3) is 0.765. The Morgan fingerprint density at radius 2 is 1.95 bits per heavy atom. The molecule has 1 atom stereocenters. The van der Waals surface area contributed by atoms with E-state index >= 15 is 0 Å². The Morgan fingerprint density at radius 3 is 2.45 bits per heavy atom. The van der Waals surface area contributed by atoms with Gasteiger partial charge in [0.05, 0.1) is 0 Å². The highest BCUT2D eigenvalue weighted by Gasteiger charge is 2.53. The summed E-state index contributed by atoms with van der Waals surface area (Å²) in [6.07, 6.45) is 8.24. The van der Waals surface area contributed by atoms with Crippen LogP contribution >= 0.6 is 11.3 Å². The molecule has 4 bridgehead atoms. The molecule has 1 amide bonds. The van der Waals surface area contributed by atoms with E-state index in [0.29, 0.717) is 17.7 Å². The van der Waals surface area contributed by atoms with E-state index in [0.717, 1.165) is 22.8 Å². The van der Waals surface area contributed by atoms with Crippen LogP contribution in [-0.2, 0) is 6.54 Å². The summed E-state index contributed by atoms with van der Waals surface area (Å²) in [6.45, 7) is 2.61. The van der Waals surface area contributed by atoms with Crippen LogP contribution in [0.15, 0.2) is 5.38 Å². The molecule has 1 unspecified atom stereocenters. The zero-order valence-corrected chi connectivity index (χ0v) is 14.0. The van der Waals surface area contributed by atoms with E-state index in [4.69, 9.17) is 5.73 Å². The van der Waals surface area contributed by atoms with E-state index in [1.54, 1.807) is 0 Å². The Morgan fingerprint density at radius 1 is 1.36 bits per heavy atom. The van der Waals surface area contributed by atoms with E-state index in [1.165, 1.54) is 49.9 Å². The minimum atomic E-state index is -0.0285. The zero-order valence-electron chi connectivity index (χ0n) is 13.2. The Bertz CT molecular complexity index is 547. The van der Waals surface area contributed by atoms with Gasteiger partial charge in [-0.15, -0.1) is 11.3 Å². The highest BCUT2D eigenvalue weighted by atomic mass is 32.1. The summed E-state index contributed by atoms with van der Waals surface area (Å²) in [6, 6.07) is 0.247. The molecule has 4 aliphatic carbocycles. The van der Waals surface area contributed by atoms with Gasteiger partial charge in [0.25, 0.3) is 5.91 Å². The fourth-order valence-electron chi connectivity index (χ4n) is 5.64. The molecule has 22 heavy (non-hydrogen) atoms. The van der Waals surface area contributed by atoms with E-state index in [9.17, 15) is 4.79 Å². The Hall–Kier alpha value is -0.940. The number of carbonyl (C=O) groups is 1. The number of thiazole rings is 1. The van der Waals surface area contributed by atoms with Crippen molar-refractivity contribution in [1.29, 1.82) is 0 Å². The van der Waals surface area contributed by atoms with Crippen molar-refractivity contribution in [2.24, 2.45) is 28.9 Å². The van der Waals surface area contributed by atoms with Crippen molar-refractivity contribution in [3.05, 3.63) is 16.1 Å². The van der Waals surface area contributed by atoms with Crippen molar-refractivity contribution in [1.82, 2.24) is 10.3 Å². The number of hydrogen-bond donors (Lipinski definition) is 2. The summed E-state index contributed by atoms with van der Waals surface area (Å²) in [5.74, 6) is 2.70. The molecule has 1 aromatic heterocycles. The number of nitrogens with two attached hydrogens (primary N) is 1.